The molecular formula is C15H23FN2O2. The summed E-state index contributed by atoms with van der Waals surface area (Å²) >= 11 is 0. The van der Waals surface area contributed by atoms with Gasteiger partial charge < -0.3 is 15.7 Å². The molecule has 1 aromatic carbocycles. The number of hydrogen-bond acceptors (Lipinski definition) is 3. The zero-order valence-corrected chi connectivity index (χ0v) is 12.1. The molecule has 0 saturated carbocycles. The van der Waals surface area contributed by atoms with Crippen molar-refractivity contribution in [1.82, 2.24) is 0 Å². The van der Waals surface area contributed by atoms with E-state index in [0.29, 0.717) is 12.2 Å². The van der Waals surface area contributed by atoms with Crippen molar-refractivity contribution in [2.75, 3.05) is 6.61 Å². The lowest BCUT2D eigenvalue weighted by atomic mass is 9.86. The van der Waals surface area contributed by atoms with Gasteiger partial charge in [0.2, 0.25) is 0 Å². The van der Waals surface area contributed by atoms with Gasteiger partial charge >= 0.3 is 0 Å². The van der Waals surface area contributed by atoms with E-state index < -0.39 is 0 Å². The molecule has 0 bridgehead atoms. The number of ether oxygens (including phenoxy) is 1. The maximum atomic E-state index is 13.3. The van der Waals surface area contributed by atoms with Crippen LogP contribution in [0.1, 0.15) is 38.7 Å². The van der Waals surface area contributed by atoms with Gasteiger partial charge in [-0.1, -0.05) is 43.6 Å². The molecular weight excluding hydrogens is 259 g/mol. The molecule has 0 atom stereocenters. The number of halogens is 1. The van der Waals surface area contributed by atoms with Gasteiger partial charge in [0.25, 0.3) is 0 Å². The average molecular weight is 282 g/mol. The van der Waals surface area contributed by atoms with Crippen LogP contribution in [0.5, 0.6) is 0 Å². The van der Waals surface area contributed by atoms with Crippen LogP contribution in [-0.4, -0.2) is 17.6 Å². The molecule has 20 heavy (non-hydrogen) atoms. The Labute approximate surface area is 119 Å². The van der Waals surface area contributed by atoms with Crippen LogP contribution in [0.25, 0.3) is 0 Å². The van der Waals surface area contributed by atoms with Crippen molar-refractivity contribution in [1.29, 1.82) is 0 Å². The van der Waals surface area contributed by atoms with Crippen molar-refractivity contribution in [3.8, 4) is 0 Å². The summed E-state index contributed by atoms with van der Waals surface area (Å²) in [6, 6.07) is 6.60. The highest BCUT2D eigenvalue weighted by atomic mass is 19.1. The summed E-state index contributed by atoms with van der Waals surface area (Å²) in [7, 11) is 0. The molecule has 0 heterocycles. The molecule has 0 aliphatic rings. The second kappa shape index (κ2) is 7.85. The van der Waals surface area contributed by atoms with E-state index in [-0.39, 0.29) is 23.7 Å². The zero-order chi connectivity index (χ0) is 15.0. The van der Waals surface area contributed by atoms with Crippen LogP contribution in [0, 0.1) is 11.2 Å². The Morgan fingerprint density at radius 3 is 2.70 bits per heavy atom. The van der Waals surface area contributed by atoms with Gasteiger partial charge in [-0.15, -0.1) is 0 Å². The highest BCUT2D eigenvalue weighted by Crippen LogP contribution is 2.23. The number of unbranched alkanes of at least 4 members (excludes halogenated alkanes) is 1. The Kier molecular flexibility index (Phi) is 6.45. The maximum absolute atomic E-state index is 13.3. The van der Waals surface area contributed by atoms with Crippen LogP contribution in [0.2, 0.25) is 0 Å². The zero-order valence-electron chi connectivity index (χ0n) is 12.1. The van der Waals surface area contributed by atoms with E-state index in [0.717, 1.165) is 19.3 Å². The fraction of sp³-hybridized carbons (Fsp3) is 0.533. The first kappa shape index (κ1) is 16.4. The van der Waals surface area contributed by atoms with Gasteiger partial charge in [-0.2, -0.15) is 0 Å². The fourth-order valence-corrected chi connectivity index (χ4v) is 1.83. The number of nitrogens with two attached hydrogens (primary N) is 1. The van der Waals surface area contributed by atoms with Crippen LogP contribution in [0.3, 0.4) is 0 Å². The first-order valence-electron chi connectivity index (χ1n) is 6.76. The number of nitrogens with zero attached hydrogens (tertiary/aromatic N) is 1. The van der Waals surface area contributed by atoms with Crippen LogP contribution in [0.15, 0.2) is 29.4 Å². The highest BCUT2D eigenvalue weighted by Gasteiger charge is 2.22. The van der Waals surface area contributed by atoms with Gasteiger partial charge in [-0.05, 0) is 18.9 Å². The van der Waals surface area contributed by atoms with Crippen molar-refractivity contribution in [3.63, 3.8) is 0 Å². The van der Waals surface area contributed by atoms with Crippen molar-refractivity contribution in [2.45, 2.75) is 39.7 Å². The molecule has 0 radical (unpaired) electrons. The second-order valence-corrected chi connectivity index (χ2v) is 5.47. The Hall–Kier alpha value is -1.62. The SMILES string of the molecule is CC(C)(CCCCOCc1ccccc1F)/C(N)=N/O. The molecule has 112 valence electrons. The van der Waals surface area contributed by atoms with E-state index in [2.05, 4.69) is 5.16 Å². The first-order valence-corrected chi connectivity index (χ1v) is 6.76. The van der Waals surface area contributed by atoms with E-state index in [9.17, 15) is 4.39 Å². The molecule has 0 spiro atoms. The van der Waals surface area contributed by atoms with Gasteiger partial charge in [0.15, 0.2) is 0 Å². The Morgan fingerprint density at radius 2 is 2.05 bits per heavy atom. The van der Waals surface area contributed by atoms with E-state index in [1.807, 2.05) is 13.8 Å². The standard InChI is InChI=1S/C15H23FN2O2/c1-15(2,14(17)18-19)9-5-6-10-20-11-12-7-3-4-8-13(12)16/h3-4,7-8,19H,5-6,9-11H2,1-2H3,(H2,17,18). The number of hydrogen-bond donors (Lipinski definition) is 2. The minimum Gasteiger partial charge on any atom is -0.409 e. The lowest BCUT2D eigenvalue weighted by Crippen LogP contribution is -2.31. The molecule has 1 rings (SSSR count). The predicted octanol–water partition coefficient (Wildman–Crippen LogP) is 3.29. The Morgan fingerprint density at radius 1 is 1.35 bits per heavy atom. The van der Waals surface area contributed by atoms with Gasteiger partial charge in [0.1, 0.15) is 11.7 Å². The molecule has 0 aliphatic carbocycles. The largest absolute Gasteiger partial charge is 0.409 e. The van der Waals surface area contributed by atoms with Gasteiger partial charge in [0.05, 0.1) is 6.61 Å². The summed E-state index contributed by atoms with van der Waals surface area (Å²) in [5, 5.41) is 11.7. The van der Waals surface area contributed by atoms with Crippen molar-refractivity contribution in [2.24, 2.45) is 16.3 Å². The summed E-state index contributed by atoms with van der Waals surface area (Å²) in [6.45, 7) is 4.72. The average Bonchev–Trinajstić information content (AvgIpc) is 2.43. The third kappa shape index (κ3) is 5.17. The first-order chi connectivity index (χ1) is 9.47. The van der Waals surface area contributed by atoms with Crippen LogP contribution in [-0.2, 0) is 11.3 Å². The topological polar surface area (TPSA) is 67.8 Å². The molecule has 0 aliphatic heterocycles. The Bertz CT molecular complexity index is 447. The molecule has 0 fully saturated rings. The van der Waals surface area contributed by atoms with Crippen LogP contribution < -0.4 is 5.73 Å². The van der Waals surface area contributed by atoms with Crippen LogP contribution in [0.4, 0.5) is 4.39 Å². The van der Waals surface area contributed by atoms with E-state index >= 15 is 0 Å². The quantitative estimate of drug-likeness (QED) is 0.253. The van der Waals surface area contributed by atoms with E-state index in [1.54, 1.807) is 18.2 Å². The smallest absolute Gasteiger partial charge is 0.144 e. The number of oxime groups is 1. The lowest BCUT2D eigenvalue weighted by molar-refractivity contribution is 0.113. The summed E-state index contributed by atoms with van der Waals surface area (Å²) in [6.07, 6.45) is 2.57. The molecule has 3 N–H and O–H groups in total. The van der Waals surface area contributed by atoms with Gasteiger partial charge in [-0.25, -0.2) is 4.39 Å². The van der Waals surface area contributed by atoms with Crippen LogP contribution >= 0.6 is 0 Å². The molecule has 4 nitrogen and oxygen atoms in total. The third-order valence-electron chi connectivity index (χ3n) is 3.36. The summed E-state index contributed by atoms with van der Waals surface area (Å²) in [4.78, 5) is 0. The molecule has 5 heteroatoms. The molecule has 0 amide bonds. The Balaban J connectivity index is 2.19. The summed E-state index contributed by atoms with van der Waals surface area (Å²) < 4.78 is 18.8. The van der Waals surface area contributed by atoms with Crippen molar-refractivity contribution >= 4 is 5.84 Å². The number of benzene rings is 1. The molecule has 1 aromatic rings. The van der Waals surface area contributed by atoms with Gasteiger partial charge in [-0.3, -0.25) is 0 Å². The maximum Gasteiger partial charge on any atom is 0.144 e. The number of rotatable bonds is 8. The lowest BCUT2D eigenvalue weighted by Gasteiger charge is -2.22. The monoisotopic (exact) mass is 282 g/mol. The number of amidine groups is 1. The van der Waals surface area contributed by atoms with E-state index in [1.165, 1.54) is 6.07 Å². The van der Waals surface area contributed by atoms with Gasteiger partial charge in [0, 0.05) is 17.6 Å². The minimum atomic E-state index is -0.319. The van der Waals surface area contributed by atoms with Crippen molar-refractivity contribution in [3.05, 3.63) is 35.6 Å². The third-order valence-corrected chi connectivity index (χ3v) is 3.36. The molecule has 0 aromatic heterocycles. The second-order valence-electron chi connectivity index (χ2n) is 5.47. The van der Waals surface area contributed by atoms with E-state index in [4.69, 9.17) is 15.7 Å². The predicted molar refractivity (Wildman–Crippen MR) is 77.1 cm³/mol. The van der Waals surface area contributed by atoms with Crippen molar-refractivity contribution < 1.29 is 14.3 Å². The highest BCUT2D eigenvalue weighted by molar-refractivity contribution is 5.85. The minimum absolute atomic E-state index is 0.236. The fourth-order valence-electron chi connectivity index (χ4n) is 1.83. The summed E-state index contributed by atoms with van der Waals surface area (Å²) in [5.41, 5.74) is 5.87. The summed E-state index contributed by atoms with van der Waals surface area (Å²) in [5.74, 6) is 0.00494. The molecule has 0 unspecified atom stereocenters. The molecule has 0 saturated heterocycles. The normalized spacial score (nSPS) is 12.7.